The van der Waals surface area contributed by atoms with Crippen molar-refractivity contribution in [1.82, 2.24) is 0 Å². The van der Waals surface area contributed by atoms with Crippen molar-refractivity contribution in [3.63, 3.8) is 0 Å². The summed E-state index contributed by atoms with van der Waals surface area (Å²) in [6.45, 7) is 6.61. The lowest BCUT2D eigenvalue weighted by Gasteiger charge is -2.62. The third-order valence-electron chi connectivity index (χ3n) is 10.6. The summed E-state index contributed by atoms with van der Waals surface area (Å²) in [4.78, 5) is 0. The van der Waals surface area contributed by atoms with Crippen molar-refractivity contribution in [3.8, 4) is 0 Å². The summed E-state index contributed by atoms with van der Waals surface area (Å²) in [6, 6.07) is 0. The fourth-order valence-corrected chi connectivity index (χ4v) is 8.75. The largest absolute Gasteiger partial charge is 0.417 e. The lowest BCUT2D eigenvalue weighted by atomic mass is 9.43. The van der Waals surface area contributed by atoms with Gasteiger partial charge >= 0.3 is 6.18 Å². The molecule has 0 aliphatic heterocycles. The highest BCUT2D eigenvalue weighted by molar-refractivity contribution is 5.11. The van der Waals surface area contributed by atoms with E-state index < -0.39 is 11.8 Å². The van der Waals surface area contributed by atoms with Crippen molar-refractivity contribution >= 4 is 0 Å². The molecule has 0 bridgehead atoms. The number of hydrogen-bond donors (Lipinski definition) is 2. The van der Waals surface area contributed by atoms with E-state index in [1.165, 1.54) is 25.7 Å². The van der Waals surface area contributed by atoms with Crippen molar-refractivity contribution in [2.45, 2.75) is 116 Å². The molecule has 0 amide bonds. The predicted molar refractivity (Wildman–Crippen MR) is 112 cm³/mol. The second-order valence-corrected chi connectivity index (χ2v) is 12.0. The minimum atomic E-state index is -4.51. The van der Waals surface area contributed by atoms with Gasteiger partial charge in [-0.1, -0.05) is 20.3 Å². The molecular formula is C25H41F3O2. The van der Waals surface area contributed by atoms with Crippen molar-refractivity contribution in [2.75, 3.05) is 0 Å². The third-order valence-corrected chi connectivity index (χ3v) is 10.6. The Morgan fingerprint density at radius 1 is 0.933 bits per heavy atom. The van der Waals surface area contributed by atoms with Gasteiger partial charge in [-0.15, -0.1) is 0 Å². The Labute approximate surface area is 180 Å². The van der Waals surface area contributed by atoms with Gasteiger partial charge in [0.2, 0.25) is 0 Å². The van der Waals surface area contributed by atoms with Crippen LogP contribution in [0.4, 0.5) is 13.2 Å². The first kappa shape index (κ1) is 22.9. The molecule has 4 saturated carbocycles. The average Bonchev–Trinajstić information content (AvgIpc) is 2.98. The Bertz CT molecular complexity index is 634. The topological polar surface area (TPSA) is 40.5 Å². The maximum absolute atomic E-state index is 13.5. The van der Waals surface area contributed by atoms with Crippen LogP contribution in [-0.4, -0.2) is 28.1 Å². The van der Waals surface area contributed by atoms with Crippen molar-refractivity contribution in [3.05, 3.63) is 0 Å². The molecule has 0 radical (unpaired) electrons. The molecule has 0 aromatic rings. The Morgan fingerprint density at radius 2 is 1.63 bits per heavy atom. The van der Waals surface area contributed by atoms with Crippen molar-refractivity contribution in [2.24, 2.45) is 40.4 Å². The van der Waals surface area contributed by atoms with E-state index in [-0.39, 0.29) is 30.3 Å². The molecule has 9 atom stereocenters. The number of rotatable bonds is 4. The molecule has 2 N–H and O–H groups in total. The van der Waals surface area contributed by atoms with Crippen LogP contribution in [0.25, 0.3) is 0 Å². The van der Waals surface area contributed by atoms with Crippen LogP contribution in [0.1, 0.15) is 97.8 Å². The summed E-state index contributed by atoms with van der Waals surface area (Å²) in [7, 11) is 0. The molecule has 30 heavy (non-hydrogen) atoms. The third kappa shape index (κ3) is 3.54. The highest BCUT2D eigenvalue weighted by Crippen LogP contribution is 2.69. The van der Waals surface area contributed by atoms with E-state index in [9.17, 15) is 23.4 Å². The smallest absolute Gasteiger partial charge is 0.393 e. The number of halogens is 3. The fraction of sp³-hybridized carbons (Fsp3) is 1.00. The molecule has 0 spiro atoms. The monoisotopic (exact) mass is 430 g/mol. The first-order valence-corrected chi connectivity index (χ1v) is 12.4. The number of aliphatic hydroxyl groups excluding tert-OH is 1. The van der Waals surface area contributed by atoms with Gasteiger partial charge in [-0.05, 0) is 118 Å². The molecule has 4 fully saturated rings. The van der Waals surface area contributed by atoms with Crippen LogP contribution in [0.5, 0.6) is 0 Å². The van der Waals surface area contributed by atoms with E-state index in [1.807, 2.05) is 6.92 Å². The molecule has 0 aromatic heterocycles. The van der Waals surface area contributed by atoms with Gasteiger partial charge in [0.05, 0.1) is 6.10 Å². The lowest BCUT2D eigenvalue weighted by molar-refractivity contribution is -0.290. The second-order valence-electron chi connectivity index (χ2n) is 12.0. The predicted octanol–water partition coefficient (Wildman–Crippen LogP) is 6.49. The van der Waals surface area contributed by atoms with Gasteiger partial charge in [0.25, 0.3) is 0 Å². The van der Waals surface area contributed by atoms with Crippen LogP contribution in [0.2, 0.25) is 0 Å². The second kappa shape index (κ2) is 7.64. The standard InChI is InChI=1S/C25H41F3O2/c1-16(29)5-4-6-17-8-10-20-19-9-7-18-15-24(30,25(26,27)28)14-13-23(18,3)21(19)11-12-22(17,20)2/h16-21,29-30H,4-15H2,1-3H3/t16-,17+,18+,19+,20+,21+,22-,23+,24+/m1/s1. The van der Waals surface area contributed by atoms with Gasteiger partial charge in [0.15, 0.2) is 5.60 Å². The van der Waals surface area contributed by atoms with Crippen molar-refractivity contribution in [1.29, 1.82) is 0 Å². The summed E-state index contributed by atoms with van der Waals surface area (Å²) < 4.78 is 40.5. The summed E-state index contributed by atoms with van der Waals surface area (Å²) in [5.41, 5.74) is -2.16. The number of fused-ring (bicyclic) bond motifs is 5. The van der Waals surface area contributed by atoms with E-state index in [0.717, 1.165) is 38.0 Å². The number of alkyl halides is 3. The van der Waals surface area contributed by atoms with Gasteiger partial charge in [0.1, 0.15) is 0 Å². The fourth-order valence-electron chi connectivity index (χ4n) is 8.75. The first-order chi connectivity index (χ1) is 13.9. The molecule has 0 heterocycles. The van der Waals surface area contributed by atoms with Gasteiger partial charge in [-0.3, -0.25) is 0 Å². The zero-order valence-corrected chi connectivity index (χ0v) is 19.0. The molecule has 0 aromatic carbocycles. The highest BCUT2D eigenvalue weighted by Gasteiger charge is 2.64. The molecule has 174 valence electrons. The van der Waals surface area contributed by atoms with Crippen molar-refractivity contribution < 1.29 is 23.4 Å². The molecule has 4 rings (SSSR count). The van der Waals surface area contributed by atoms with E-state index in [2.05, 4.69) is 13.8 Å². The van der Waals surface area contributed by atoms with Gasteiger partial charge in [-0.25, -0.2) is 0 Å². The molecule has 5 heteroatoms. The van der Waals surface area contributed by atoms with E-state index >= 15 is 0 Å². The summed E-state index contributed by atoms with van der Waals surface area (Å²) in [5.74, 6) is 2.59. The maximum Gasteiger partial charge on any atom is 0.417 e. The first-order valence-electron chi connectivity index (χ1n) is 12.4. The number of hydrogen-bond acceptors (Lipinski definition) is 2. The summed E-state index contributed by atoms with van der Waals surface area (Å²) >= 11 is 0. The van der Waals surface area contributed by atoms with Crippen LogP contribution >= 0.6 is 0 Å². The van der Waals surface area contributed by atoms with Gasteiger partial charge in [-0.2, -0.15) is 13.2 Å². The maximum atomic E-state index is 13.5. The molecule has 4 aliphatic rings. The Kier molecular flexibility index (Phi) is 5.83. The van der Waals surface area contributed by atoms with Crippen LogP contribution in [-0.2, 0) is 0 Å². The van der Waals surface area contributed by atoms with E-state index in [0.29, 0.717) is 29.6 Å². The Morgan fingerprint density at radius 3 is 2.30 bits per heavy atom. The lowest BCUT2D eigenvalue weighted by Crippen LogP contribution is -2.59. The van der Waals surface area contributed by atoms with Crippen LogP contribution in [0.15, 0.2) is 0 Å². The Hall–Kier alpha value is -0.290. The zero-order valence-electron chi connectivity index (χ0n) is 19.0. The van der Waals surface area contributed by atoms with E-state index in [1.54, 1.807) is 0 Å². The Balaban J connectivity index is 1.48. The van der Waals surface area contributed by atoms with Gasteiger partial charge < -0.3 is 10.2 Å². The van der Waals surface area contributed by atoms with Gasteiger partial charge in [0, 0.05) is 0 Å². The summed E-state index contributed by atoms with van der Waals surface area (Å²) in [6.07, 6.45) is 5.49. The van der Waals surface area contributed by atoms with E-state index in [4.69, 9.17) is 0 Å². The zero-order chi connectivity index (χ0) is 21.9. The molecule has 4 aliphatic carbocycles. The average molecular weight is 431 g/mol. The molecule has 0 saturated heterocycles. The van der Waals surface area contributed by atoms with Crippen LogP contribution < -0.4 is 0 Å². The quantitative estimate of drug-likeness (QED) is 0.535. The highest BCUT2D eigenvalue weighted by atomic mass is 19.4. The SMILES string of the molecule is C[C@@H](O)CCC[C@H]1CC[C@H]2[C@@H]3CC[C@H]4C[C@](O)(C(F)(F)F)CC[C@]4(C)[C@H]3CC[C@]12C. The minimum absolute atomic E-state index is 0.00766. The van der Waals surface area contributed by atoms with Crippen LogP contribution in [0, 0.1) is 40.4 Å². The summed E-state index contributed by atoms with van der Waals surface area (Å²) in [5, 5.41) is 20.0. The minimum Gasteiger partial charge on any atom is -0.393 e. The molecule has 0 unspecified atom stereocenters. The van der Waals surface area contributed by atoms with Crippen LogP contribution in [0.3, 0.4) is 0 Å². The normalized spacial score (nSPS) is 49.8. The number of aliphatic hydroxyl groups is 2. The molecular weight excluding hydrogens is 389 g/mol. The molecule has 2 nitrogen and oxygen atoms in total.